The first kappa shape index (κ1) is 65.2. The molecule has 0 radical (unpaired) electrons. The van der Waals surface area contributed by atoms with Gasteiger partial charge in [-0.2, -0.15) is 0 Å². The van der Waals surface area contributed by atoms with Crippen molar-refractivity contribution in [3.63, 3.8) is 0 Å². The van der Waals surface area contributed by atoms with Crippen LogP contribution in [0.2, 0.25) is 0 Å². The summed E-state index contributed by atoms with van der Waals surface area (Å²) in [6.45, 7) is 26.7. The highest BCUT2D eigenvalue weighted by molar-refractivity contribution is 7.12. The standard InChI is InChI=1S/C72H80O12S4/c1-69(2,3)53-37-45-33-47-39-54(70(4,5)6)41-49(62(47)78-22-26-82-66(74)58-18-14-30-86-58)35-51-43-56(72(10,11)12)44-52(64(51)80-24-28-84-68(76)60-20-16-32-88-60)36-50-42-55(71(7,8)9)40-48(63(50)79-23-27-83-67(75)59-19-15-31-87-59)34-46(38-53)61(45)77-21-25-81-65(73)57-17-13-29-85-57/h13-20,29-32,37-44H,21-28,33-36H2,1-12H3. The Kier molecular flexibility index (Phi) is 20.8. The summed E-state index contributed by atoms with van der Waals surface area (Å²) in [5.41, 5.74) is 10.1. The number of benzene rings is 4. The lowest BCUT2D eigenvalue weighted by Gasteiger charge is -2.29. The van der Waals surface area contributed by atoms with Gasteiger partial charge in [-0.3, -0.25) is 0 Å². The van der Waals surface area contributed by atoms with Crippen molar-refractivity contribution in [3.05, 3.63) is 205 Å². The number of thiophene rings is 4. The Morgan fingerprint density at radius 1 is 0.307 bits per heavy atom. The van der Waals surface area contributed by atoms with Gasteiger partial charge >= 0.3 is 23.9 Å². The molecule has 4 heterocycles. The molecule has 0 saturated heterocycles. The molecule has 8 bridgehead atoms. The molecule has 0 aliphatic heterocycles. The summed E-state index contributed by atoms with van der Waals surface area (Å²) in [6.07, 6.45) is 1.39. The maximum atomic E-state index is 13.3. The molecule has 1 aliphatic rings. The highest BCUT2D eigenvalue weighted by Crippen LogP contribution is 2.45. The van der Waals surface area contributed by atoms with E-state index in [1.807, 2.05) is 45.8 Å². The summed E-state index contributed by atoms with van der Waals surface area (Å²) >= 11 is 5.29. The van der Waals surface area contributed by atoms with Gasteiger partial charge in [-0.05, 0) is 134 Å². The van der Waals surface area contributed by atoms with Gasteiger partial charge < -0.3 is 37.9 Å². The van der Waals surface area contributed by atoms with Gasteiger partial charge in [0, 0.05) is 25.7 Å². The van der Waals surface area contributed by atoms with Crippen molar-refractivity contribution in [3.8, 4) is 23.0 Å². The van der Waals surface area contributed by atoms with Crippen LogP contribution in [-0.4, -0.2) is 76.7 Å². The normalized spacial score (nSPS) is 12.7. The maximum Gasteiger partial charge on any atom is 0.348 e. The Labute approximate surface area is 534 Å². The zero-order chi connectivity index (χ0) is 63.0. The van der Waals surface area contributed by atoms with Gasteiger partial charge in [0.1, 0.15) is 95.4 Å². The van der Waals surface area contributed by atoms with Crippen LogP contribution < -0.4 is 18.9 Å². The number of carbonyl (C=O) groups is 4. The van der Waals surface area contributed by atoms with Gasteiger partial charge in [0.25, 0.3) is 0 Å². The second kappa shape index (κ2) is 28.1. The molecule has 4 aromatic carbocycles. The van der Waals surface area contributed by atoms with Crippen molar-refractivity contribution in [1.29, 1.82) is 0 Å². The van der Waals surface area contributed by atoms with Gasteiger partial charge in [0.15, 0.2) is 0 Å². The fraction of sp³-hybridized carbons (Fsp3) is 0.389. The lowest BCUT2D eigenvalue weighted by atomic mass is 9.79. The van der Waals surface area contributed by atoms with Crippen molar-refractivity contribution in [2.75, 3.05) is 52.9 Å². The van der Waals surface area contributed by atoms with Crippen LogP contribution in [0, 0.1) is 0 Å². The highest BCUT2D eigenvalue weighted by atomic mass is 32.1. The average Bonchev–Trinajstić information content (AvgIpc) is 1.56. The minimum absolute atomic E-state index is 0.00315. The number of hydrogen-bond donors (Lipinski definition) is 0. The first-order chi connectivity index (χ1) is 41.8. The largest absolute Gasteiger partial charge is 0.489 e. The van der Waals surface area contributed by atoms with Crippen molar-refractivity contribution in [2.45, 2.75) is 130 Å². The van der Waals surface area contributed by atoms with E-state index in [0.717, 1.165) is 66.8 Å². The third kappa shape index (κ3) is 16.7. The van der Waals surface area contributed by atoms with Crippen molar-refractivity contribution in [1.82, 2.24) is 0 Å². The minimum atomic E-state index is -0.419. The third-order valence-electron chi connectivity index (χ3n) is 15.1. The quantitative estimate of drug-likeness (QED) is 0.0407. The van der Waals surface area contributed by atoms with Crippen LogP contribution in [0.25, 0.3) is 0 Å². The van der Waals surface area contributed by atoms with Gasteiger partial charge in [-0.25, -0.2) is 19.2 Å². The molecule has 16 heteroatoms. The average molecular weight is 1270 g/mol. The van der Waals surface area contributed by atoms with Crippen molar-refractivity contribution < 1.29 is 57.1 Å². The molecule has 12 nitrogen and oxygen atoms in total. The molecule has 0 saturated carbocycles. The van der Waals surface area contributed by atoms with Crippen molar-refractivity contribution in [2.24, 2.45) is 0 Å². The van der Waals surface area contributed by atoms with Crippen LogP contribution in [0.4, 0.5) is 0 Å². The Morgan fingerprint density at radius 2 is 0.489 bits per heavy atom. The van der Waals surface area contributed by atoms with Gasteiger partial charge in [-0.15, -0.1) is 45.3 Å². The summed E-state index contributed by atoms with van der Waals surface area (Å²) in [6, 6.07) is 32.1. The van der Waals surface area contributed by atoms with Crippen LogP contribution in [0.1, 0.15) is 189 Å². The smallest absolute Gasteiger partial charge is 0.348 e. The summed E-state index contributed by atoms with van der Waals surface area (Å²) in [4.78, 5) is 55.0. The first-order valence-electron chi connectivity index (χ1n) is 29.8. The molecule has 1 aliphatic carbocycles. The number of rotatable bonds is 20. The Morgan fingerprint density at radius 3 is 0.636 bits per heavy atom. The molecule has 0 atom stereocenters. The molecule has 0 spiro atoms. The van der Waals surface area contributed by atoms with E-state index >= 15 is 0 Å². The van der Waals surface area contributed by atoms with Crippen LogP contribution in [0.3, 0.4) is 0 Å². The lowest BCUT2D eigenvalue weighted by Crippen LogP contribution is -2.19. The van der Waals surface area contributed by atoms with E-state index in [9.17, 15) is 19.2 Å². The van der Waals surface area contributed by atoms with Crippen LogP contribution in [0.15, 0.2) is 119 Å². The molecule has 0 amide bonds. The lowest BCUT2D eigenvalue weighted by molar-refractivity contribution is 0.0447. The predicted molar refractivity (Wildman–Crippen MR) is 352 cm³/mol. The molecule has 0 fully saturated rings. The molecule has 464 valence electrons. The van der Waals surface area contributed by atoms with E-state index in [4.69, 9.17) is 37.9 Å². The molecule has 8 aromatic rings. The Balaban J connectivity index is 1.27. The van der Waals surface area contributed by atoms with E-state index in [0.29, 0.717) is 68.2 Å². The van der Waals surface area contributed by atoms with Crippen LogP contribution in [0.5, 0.6) is 23.0 Å². The number of esters is 4. The molecular formula is C72H80O12S4. The number of ether oxygens (including phenoxy) is 8. The summed E-state index contributed by atoms with van der Waals surface area (Å²) < 4.78 is 51.5. The summed E-state index contributed by atoms with van der Waals surface area (Å²) in [5, 5.41) is 7.38. The van der Waals surface area contributed by atoms with E-state index in [2.05, 4.69) is 132 Å². The topological polar surface area (TPSA) is 142 Å². The zero-order valence-corrected chi connectivity index (χ0v) is 55.8. The van der Waals surface area contributed by atoms with Crippen LogP contribution >= 0.6 is 45.3 Å². The molecule has 0 N–H and O–H groups in total. The second-order valence-electron chi connectivity index (χ2n) is 26.0. The molecule has 88 heavy (non-hydrogen) atoms. The second-order valence-corrected chi connectivity index (χ2v) is 29.8. The molecule has 9 rings (SSSR count). The SMILES string of the molecule is CC(C)(C)c1cc2c(OCCOC(=O)c3cccs3)c(c1)Cc1cc(C(C)(C)C)cc(c1OCCOC(=O)c1cccs1)Cc1cc(C(C)(C)C)cc(c1OCCOC(=O)c1cccs1)Cc1cc(C(C)(C)C)cc(c1OCCOC(=O)c1cccs1)C2. The van der Waals surface area contributed by atoms with E-state index in [1.54, 1.807) is 24.3 Å². The summed E-state index contributed by atoms with van der Waals surface area (Å²) in [5.74, 6) is 0.881. The maximum absolute atomic E-state index is 13.3. The predicted octanol–water partition coefficient (Wildman–Crippen LogP) is 16.7. The highest BCUT2D eigenvalue weighted by Gasteiger charge is 2.30. The monoisotopic (exact) mass is 1260 g/mol. The van der Waals surface area contributed by atoms with Crippen molar-refractivity contribution >= 4 is 69.2 Å². The first-order valence-corrected chi connectivity index (χ1v) is 33.3. The van der Waals surface area contributed by atoms with E-state index in [-0.39, 0.29) is 74.5 Å². The summed E-state index contributed by atoms with van der Waals surface area (Å²) in [7, 11) is 0. The van der Waals surface area contributed by atoms with E-state index < -0.39 is 23.9 Å². The fourth-order valence-corrected chi connectivity index (χ4v) is 12.8. The van der Waals surface area contributed by atoms with Gasteiger partial charge in [-0.1, -0.05) is 156 Å². The fourth-order valence-electron chi connectivity index (χ4n) is 10.3. The molecular weight excluding hydrogens is 1190 g/mol. The third-order valence-corrected chi connectivity index (χ3v) is 18.5. The van der Waals surface area contributed by atoms with Gasteiger partial charge in [0.2, 0.25) is 0 Å². The Hall–Kier alpha value is -7.24. The molecule has 0 unspecified atom stereocenters. The molecule has 4 aromatic heterocycles. The van der Waals surface area contributed by atoms with E-state index in [1.165, 1.54) is 45.3 Å². The number of hydrogen-bond acceptors (Lipinski definition) is 16. The minimum Gasteiger partial charge on any atom is -0.489 e. The zero-order valence-electron chi connectivity index (χ0n) is 52.6. The Bertz CT molecular complexity index is 3120. The van der Waals surface area contributed by atoms with Gasteiger partial charge in [0.05, 0.1) is 0 Å². The number of carbonyl (C=O) groups excluding carboxylic acids is 4. The van der Waals surface area contributed by atoms with Crippen LogP contribution in [-0.2, 0) is 66.3 Å². The number of fused-ring (bicyclic) bond motifs is 8.